The summed E-state index contributed by atoms with van der Waals surface area (Å²) in [6.07, 6.45) is 0. The quantitative estimate of drug-likeness (QED) is 0.399. The van der Waals surface area contributed by atoms with Crippen molar-refractivity contribution < 1.29 is 8.42 Å². The Bertz CT molecular complexity index is 1280. The molecule has 0 radical (unpaired) electrons. The largest absolute Gasteiger partial charge is 0.238 e. The van der Waals surface area contributed by atoms with Crippen molar-refractivity contribution in [2.45, 2.75) is 4.90 Å². The van der Waals surface area contributed by atoms with Crippen LogP contribution >= 0.6 is 34.5 Å². The maximum atomic E-state index is 11.6. The molecule has 29 heavy (non-hydrogen) atoms. The number of rotatable bonds is 4. The first kappa shape index (κ1) is 20.1. The first-order valence-corrected chi connectivity index (χ1v) is 11.6. The molecule has 3 aromatic carbocycles. The van der Waals surface area contributed by atoms with Gasteiger partial charge in [-0.2, -0.15) is 0 Å². The lowest BCUT2D eigenvalue weighted by Crippen LogP contribution is -2.11. The van der Waals surface area contributed by atoms with Gasteiger partial charge in [-0.15, -0.1) is 11.3 Å². The topological polar surface area (TPSA) is 73.1 Å². The number of nitrogens with two attached hydrogens (primary N) is 1. The molecule has 2 N–H and O–H groups in total. The van der Waals surface area contributed by atoms with E-state index in [0.29, 0.717) is 10.0 Å². The van der Waals surface area contributed by atoms with Gasteiger partial charge in [0.25, 0.3) is 0 Å². The fourth-order valence-electron chi connectivity index (χ4n) is 2.87. The molecule has 0 fully saturated rings. The average molecular weight is 461 g/mol. The van der Waals surface area contributed by atoms with Crippen molar-refractivity contribution in [1.29, 1.82) is 0 Å². The molecule has 4 aromatic rings. The monoisotopic (exact) mass is 460 g/mol. The fraction of sp³-hybridized carbons (Fsp3) is 0. The second-order valence-corrected chi connectivity index (χ2v) is 9.66. The van der Waals surface area contributed by atoms with Crippen molar-refractivity contribution >= 4 is 44.6 Å². The van der Waals surface area contributed by atoms with Gasteiger partial charge in [-0.1, -0.05) is 65.7 Å². The number of nitrogens with zero attached hydrogens (tertiary/aromatic N) is 1. The zero-order chi connectivity index (χ0) is 20.6. The predicted molar refractivity (Wildman–Crippen MR) is 120 cm³/mol. The number of primary sulfonamides is 1. The van der Waals surface area contributed by atoms with Gasteiger partial charge in [0, 0.05) is 16.1 Å². The number of halogens is 2. The van der Waals surface area contributed by atoms with E-state index < -0.39 is 10.0 Å². The van der Waals surface area contributed by atoms with E-state index in [-0.39, 0.29) is 4.90 Å². The molecule has 0 unspecified atom stereocenters. The summed E-state index contributed by atoms with van der Waals surface area (Å²) in [5, 5.41) is 7.23. The van der Waals surface area contributed by atoms with Gasteiger partial charge >= 0.3 is 0 Å². The summed E-state index contributed by atoms with van der Waals surface area (Å²) in [5.41, 5.74) is 3.33. The minimum absolute atomic E-state index is 0.0603. The lowest BCUT2D eigenvalue weighted by atomic mass is 10.1. The van der Waals surface area contributed by atoms with Crippen LogP contribution in [0.4, 0.5) is 0 Å². The Balaban J connectivity index is 1.89. The first-order chi connectivity index (χ1) is 13.8. The number of sulfonamides is 1. The standard InChI is InChI=1S/C21H14Cl2N2O2S2/c22-15-9-5-13(6-10-15)19-20(14-7-11-16(12-8-14)29(24,26)27)28-21(25-19)17-3-1-2-4-18(17)23/h1-12H,(H2,24,26,27). The lowest BCUT2D eigenvalue weighted by Gasteiger charge is -2.04. The highest BCUT2D eigenvalue weighted by atomic mass is 35.5. The molecule has 0 aliphatic carbocycles. The minimum atomic E-state index is -3.76. The molecule has 1 heterocycles. The van der Waals surface area contributed by atoms with Gasteiger partial charge in [0.05, 0.1) is 20.5 Å². The number of hydrogen-bond donors (Lipinski definition) is 1. The van der Waals surface area contributed by atoms with Gasteiger partial charge in [0.2, 0.25) is 10.0 Å². The Hall–Kier alpha value is -2.22. The van der Waals surface area contributed by atoms with Crippen molar-refractivity contribution in [2.24, 2.45) is 5.14 Å². The lowest BCUT2D eigenvalue weighted by molar-refractivity contribution is 0.598. The molecule has 0 bridgehead atoms. The van der Waals surface area contributed by atoms with E-state index in [9.17, 15) is 8.42 Å². The van der Waals surface area contributed by atoms with Gasteiger partial charge in [-0.05, 0) is 35.9 Å². The first-order valence-electron chi connectivity index (χ1n) is 8.48. The SMILES string of the molecule is NS(=O)(=O)c1ccc(-c2sc(-c3ccccc3Cl)nc2-c2ccc(Cl)cc2)cc1. The van der Waals surface area contributed by atoms with E-state index in [1.807, 2.05) is 36.4 Å². The molecule has 0 atom stereocenters. The van der Waals surface area contributed by atoms with Crippen molar-refractivity contribution in [3.8, 4) is 32.3 Å². The summed E-state index contributed by atoms with van der Waals surface area (Å²) >= 11 is 13.9. The molecule has 8 heteroatoms. The molecule has 0 amide bonds. The van der Waals surface area contributed by atoms with E-state index in [1.165, 1.54) is 23.5 Å². The Labute approximate surface area is 182 Å². The normalized spacial score (nSPS) is 11.6. The second kappa shape index (κ2) is 7.89. The zero-order valence-corrected chi connectivity index (χ0v) is 18.0. The number of thiazole rings is 1. The van der Waals surface area contributed by atoms with Crippen molar-refractivity contribution in [3.63, 3.8) is 0 Å². The van der Waals surface area contributed by atoms with Crippen LogP contribution in [0.2, 0.25) is 10.0 Å². The van der Waals surface area contributed by atoms with Crippen LogP contribution in [0.1, 0.15) is 0 Å². The molecule has 0 saturated heterocycles. The Morgan fingerprint density at radius 3 is 2.07 bits per heavy atom. The molecule has 0 aliphatic heterocycles. The number of aromatic nitrogens is 1. The Kier molecular flexibility index (Phi) is 5.46. The third-order valence-corrected chi connectivity index (χ3v) is 6.94. The highest BCUT2D eigenvalue weighted by Gasteiger charge is 2.18. The van der Waals surface area contributed by atoms with E-state index in [2.05, 4.69) is 0 Å². The third kappa shape index (κ3) is 4.22. The molecule has 4 rings (SSSR count). The summed E-state index contributed by atoms with van der Waals surface area (Å²) in [6.45, 7) is 0. The van der Waals surface area contributed by atoms with Crippen LogP contribution in [-0.4, -0.2) is 13.4 Å². The van der Waals surface area contributed by atoms with Crippen molar-refractivity contribution in [1.82, 2.24) is 4.98 Å². The summed E-state index contributed by atoms with van der Waals surface area (Å²) in [7, 11) is -3.76. The highest BCUT2D eigenvalue weighted by molar-refractivity contribution is 7.89. The fourth-order valence-corrected chi connectivity index (χ4v) is 4.92. The highest BCUT2D eigenvalue weighted by Crippen LogP contribution is 2.42. The Morgan fingerprint density at radius 2 is 1.45 bits per heavy atom. The van der Waals surface area contributed by atoms with Crippen LogP contribution in [0, 0.1) is 0 Å². The minimum Gasteiger partial charge on any atom is -0.235 e. The zero-order valence-electron chi connectivity index (χ0n) is 14.8. The Morgan fingerprint density at radius 1 is 0.828 bits per heavy atom. The van der Waals surface area contributed by atoms with E-state index in [0.717, 1.165) is 32.3 Å². The van der Waals surface area contributed by atoms with Gasteiger partial charge in [0.15, 0.2) is 0 Å². The summed E-state index contributed by atoms with van der Waals surface area (Å²) in [5.74, 6) is 0. The molecule has 1 aromatic heterocycles. The molecule has 4 nitrogen and oxygen atoms in total. The van der Waals surface area contributed by atoms with Gasteiger partial charge < -0.3 is 0 Å². The smallest absolute Gasteiger partial charge is 0.235 e. The van der Waals surface area contributed by atoms with E-state index in [1.54, 1.807) is 24.3 Å². The molecular formula is C21H14Cl2N2O2S2. The average Bonchev–Trinajstić information content (AvgIpc) is 3.13. The van der Waals surface area contributed by atoms with Crippen LogP contribution in [0.3, 0.4) is 0 Å². The predicted octanol–water partition coefficient (Wildman–Crippen LogP) is 6.10. The van der Waals surface area contributed by atoms with Crippen LogP contribution in [0.15, 0.2) is 77.7 Å². The summed E-state index contributed by atoms with van der Waals surface area (Å²) in [6, 6.07) is 21.4. The maximum absolute atomic E-state index is 11.6. The van der Waals surface area contributed by atoms with E-state index >= 15 is 0 Å². The van der Waals surface area contributed by atoms with E-state index in [4.69, 9.17) is 33.3 Å². The molecule has 0 aliphatic rings. The third-order valence-electron chi connectivity index (χ3n) is 4.29. The van der Waals surface area contributed by atoms with Crippen molar-refractivity contribution in [2.75, 3.05) is 0 Å². The number of benzene rings is 3. The van der Waals surface area contributed by atoms with Crippen LogP contribution in [-0.2, 0) is 10.0 Å². The van der Waals surface area contributed by atoms with Gasteiger partial charge in [0.1, 0.15) is 5.01 Å². The number of hydrogen-bond acceptors (Lipinski definition) is 4. The van der Waals surface area contributed by atoms with Crippen LogP contribution < -0.4 is 5.14 Å². The summed E-state index contributed by atoms with van der Waals surface area (Å²) < 4.78 is 23.1. The molecule has 146 valence electrons. The molecule has 0 saturated carbocycles. The van der Waals surface area contributed by atoms with Crippen molar-refractivity contribution in [3.05, 3.63) is 82.8 Å². The summed E-state index contributed by atoms with van der Waals surface area (Å²) in [4.78, 5) is 5.79. The van der Waals surface area contributed by atoms with Crippen LogP contribution in [0.25, 0.3) is 32.3 Å². The van der Waals surface area contributed by atoms with Gasteiger partial charge in [-0.3, -0.25) is 0 Å². The molecular weight excluding hydrogens is 447 g/mol. The maximum Gasteiger partial charge on any atom is 0.238 e. The van der Waals surface area contributed by atoms with Crippen LogP contribution in [0.5, 0.6) is 0 Å². The second-order valence-electron chi connectivity index (χ2n) is 6.25. The van der Waals surface area contributed by atoms with Gasteiger partial charge in [-0.25, -0.2) is 18.5 Å². The molecule has 0 spiro atoms.